The van der Waals surface area contributed by atoms with Crippen molar-refractivity contribution in [3.63, 3.8) is 0 Å². The van der Waals surface area contributed by atoms with Gasteiger partial charge in [-0.15, -0.1) is 5.10 Å². The van der Waals surface area contributed by atoms with Crippen molar-refractivity contribution in [1.82, 2.24) is 15.2 Å². The molecule has 10 nitrogen and oxygen atoms in total. The molecule has 1 N–H and O–H groups in total. The third-order valence-electron chi connectivity index (χ3n) is 2.99. The highest BCUT2D eigenvalue weighted by molar-refractivity contribution is 5.82. The average molecular weight is 333 g/mol. The molecule has 0 unspecified atom stereocenters. The van der Waals surface area contributed by atoms with Gasteiger partial charge < -0.3 is 9.15 Å². The van der Waals surface area contributed by atoms with Crippen LogP contribution in [0.4, 0.5) is 5.69 Å². The molecule has 1 amide bonds. The molecule has 2 aromatic heterocycles. The van der Waals surface area contributed by atoms with Gasteiger partial charge >= 0.3 is 11.6 Å². The number of nitrogens with zero attached hydrogens (tertiary/aromatic N) is 4. The van der Waals surface area contributed by atoms with Gasteiger partial charge in [0.15, 0.2) is 0 Å². The second-order valence-electron chi connectivity index (χ2n) is 4.57. The number of carbonyl (C=O) groups excluding carboxylic acids is 1. The third-order valence-corrected chi connectivity index (χ3v) is 2.99. The number of furan rings is 1. The largest absolute Gasteiger partial charge is 0.475 e. The highest BCUT2D eigenvalue weighted by Crippen LogP contribution is 2.25. The fraction of sp³-hybridized carbons (Fsp3) is 0.214. The number of hydrazone groups is 1. The van der Waals surface area contributed by atoms with Crippen molar-refractivity contribution in [3.8, 4) is 5.88 Å². The van der Waals surface area contributed by atoms with Gasteiger partial charge in [-0.2, -0.15) is 5.10 Å². The van der Waals surface area contributed by atoms with Crippen LogP contribution < -0.4 is 10.2 Å². The predicted molar refractivity (Wildman–Crippen MR) is 84.5 cm³/mol. The zero-order valence-corrected chi connectivity index (χ0v) is 12.9. The van der Waals surface area contributed by atoms with Gasteiger partial charge in [0.25, 0.3) is 5.91 Å². The molecular formula is C14H15N5O5. The lowest BCUT2D eigenvalue weighted by Crippen LogP contribution is -2.27. The minimum atomic E-state index is -0.807. The Kier molecular flexibility index (Phi) is 5.45. The molecule has 0 aromatic carbocycles. The normalized spacial score (nSPS) is 12.6. The van der Waals surface area contributed by atoms with Crippen LogP contribution in [0.1, 0.15) is 18.7 Å². The smallest absolute Gasteiger partial charge is 0.350 e. The Balaban J connectivity index is 1.95. The monoisotopic (exact) mass is 333 g/mol. The van der Waals surface area contributed by atoms with E-state index >= 15 is 0 Å². The highest BCUT2D eigenvalue weighted by atomic mass is 16.6. The van der Waals surface area contributed by atoms with Crippen LogP contribution in [-0.4, -0.2) is 33.9 Å². The molecule has 0 bridgehead atoms. The van der Waals surface area contributed by atoms with Crippen LogP contribution in [0.3, 0.4) is 0 Å². The molecule has 0 aliphatic rings. The van der Waals surface area contributed by atoms with Gasteiger partial charge in [0.2, 0.25) is 0 Å². The van der Waals surface area contributed by atoms with E-state index in [1.54, 1.807) is 24.3 Å². The number of nitro groups is 1. The molecule has 0 fully saturated rings. The quantitative estimate of drug-likeness (QED) is 0.467. The van der Waals surface area contributed by atoms with Crippen molar-refractivity contribution in [2.75, 3.05) is 7.11 Å². The molecule has 0 saturated carbocycles. The van der Waals surface area contributed by atoms with Gasteiger partial charge in [0, 0.05) is 6.21 Å². The third kappa shape index (κ3) is 4.06. The SMILES string of the molecule is COc1nn([C@H](C)C(=O)NN=C/C=C/c2ccco2)cc1[N+](=O)[O-]. The van der Waals surface area contributed by atoms with E-state index in [1.807, 2.05) is 0 Å². The van der Waals surface area contributed by atoms with E-state index in [1.165, 1.54) is 26.5 Å². The van der Waals surface area contributed by atoms with Crippen molar-refractivity contribution in [2.24, 2.45) is 5.10 Å². The second kappa shape index (κ2) is 7.72. The number of hydrogen-bond acceptors (Lipinski definition) is 7. The first-order chi connectivity index (χ1) is 11.5. The standard InChI is InChI=1S/C14H15N5O5/c1-10(18-9-12(19(21)22)14(17-18)23-2)13(20)16-15-7-3-5-11-6-4-8-24-11/h3-10H,1-2H3,(H,16,20)/b5-3+,15-7?/t10-/m1/s1. The summed E-state index contributed by atoms with van der Waals surface area (Å²) in [5.41, 5.74) is 2.00. The van der Waals surface area contributed by atoms with Gasteiger partial charge in [-0.05, 0) is 31.2 Å². The molecule has 24 heavy (non-hydrogen) atoms. The van der Waals surface area contributed by atoms with E-state index in [2.05, 4.69) is 15.6 Å². The zero-order valence-electron chi connectivity index (χ0n) is 12.9. The fourth-order valence-corrected chi connectivity index (χ4v) is 1.72. The first-order valence-electron chi connectivity index (χ1n) is 6.83. The van der Waals surface area contributed by atoms with E-state index in [-0.39, 0.29) is 11.6 Å². The van der Waals surface area contributed by atoms with Crippen molar-refractivity contribution >= 4 is 23.9 Å². The number of amides is 1. The first-order valence-corrected chi connectivity index (χ1v) is 6.83. The summed E-state index contributed by atoms with van der Waals surface area (Å²) in [4.78, 5) is 22.2. The van der Waals surface area contributed by atoms with E-state index < -0.39 is 16.9 Å². The predicted octanol–water partition coefficient (Wildman–Crippen LogP) is 1.77. The number of nitrogens with one attached hydrogen (secondary N) is 1. The Morgan fingerprint density at radius 3 is 3.00 bits per heavy atom. The maximum atomic E-state index is 12.0. The summed E-state index contributed by atoms with van der Waals surface area (Å²) in [6.07, 6.45) is 7.30. The number of aromatic nitrogens is 2. The summed E-state index contributed by atoms with van der Waals surface area (Å²) >= 11 is 0. The van der Waals surface area contributed by atoms with Crippen LogP contribution in [0.5, 0.6) is 5.88 Å². The molecule has 2 heterocycles. The van der Waals surface area contributed by atoms with Gasteiger partial charge in [0.1, 0.15) is 18.0 Å². The van der Waals surface area contributed by atoms with Gasteiger partial charge in [-0.1, -0.05) is 0 Å². The maximum Gasteiger partial charge on any atom is 0.350 e. The average Bonchev–Trinajstić information content (AvgIpc) is 3.22. The Hall–Kier alpha value is -3.43. The number of ether oxygens (including phenoxy) is 1. The van der Waals surface area contributed by atoms with E-state index in [9.17, 15) is 14.9 Å². The Labute approximate surface area is 136 Å². The Morgan fingerprint density at radius 2 is 2.42 bits per heavy atom. The fourth-order valence-electron chi connectivity index (χ4n) is 1.72. The molecule has 2 aromatic rings. The van der Waals surface area contributed by atoms with E-state index in [0.29, 0.717) is 5.76 Å². The topological polar surface area (TPSA) is 125 Å². The lowest BCUT2D eigenvalue weighted by molar-refractivity contribution is -0.385. The van der Waals surface area contributed by atoms with E-state index in [4.69, 9.17) is 9.15 Å². The lowest BCUT2D eigenvalue weighted by atomic mass is 10.3. The summed E-state index contributed by atoms with van der Waals surface area (Å²) in [5.74, 6) is -0.000627. The molecule has 0 aliphatic carbocycles. The van der Waals surface area contributed by atoms with Crippen LogP contribution in [0.25, 0.3) is 6.08 Å². The van der Waals surface area contributed by atoms with Gasteiger partial charge in [-0.25, -0.2) is 10.1 Å². The summed E-state index contributed by atoms with van der Waals surface area (Å²) in [6, 6.07) is 2.71. The van der Waals surface area contributed by atoms with Crippen molar-refractivity contribution in [3.05, 3.63) is 46.5 Å². The molecule has 1 atom stereocenters. The molecule has 0 saturated heterocycles. The maximum absolute atomic E-state index is 12.0. The molecule has 0 spiro atoms. The lowest BCUT2D eigenvalue weighted by Gasteiger charge is -2.08. The molecular weight excluding hydrogens is 318 g/mol. The Morgan fingerprint density at radius 1 is 1.62 bits per heavy atom. The van der Waals surface area contributed by atoms with Crippen molar-refractivity contribution in [1.29, 1.82) is 0 Å². The van der Waals surface area contributed by atoms with Gasteiger partial charge in [0.05, 0.1) is 18.3 Å². The van der Waals surface area contributed by atoms with Crippen molar-refractivity contribution < 1.29 is 18.9 Å². The minimum absolute atomic E-state index is 0.162. The summed E-state index contributed by atoms with van der Waals surface area (Å²) in [6.45, 7) is 1.53. The van der Waals surface area contributed by atoms with E-state index in [0.717, 1.165) is 10.9 Å². The van der Waals surface area contributed by atoms with Crippen LogP contribution in [0.15, 0.2) is 40.2 Å². The summed E-state index contributed by atoms with van der Waals surface area (Å²) in [7, 11) is 1.26. The van der Waals surface area contributed by atoms with Crippen LogP contribution >= 0.6 is 0 Å². The second-order valence-corrected chi connectivity index (χ2v) is 4.57. The highest BCUT2D eigenvalue weighted by Gasteiger charge is 2.24. The minimum Gasteiger partial charge on any atom is -0.475 e. The van der Waals surface area contributed by atoms with Crippen LogP contribution in [0.2, 0.25) is 0 Å². The molecule has 0 radical (unpaired) electrons. The first kappa shape index (κ1) is 16.9. The van der Waals surface area contributed by atoms with Crippen LogP contribution in [-0.2, 0) is 4.79 Å². The summed E-state index contributed by atoms with van der Waals surface area (Å²) < 4.78 is 11.0. The number of rotatable bonds is 7. The number of hydrogen-bond donors (Lipinski definition) is 1. The van der Waals surface area contributed by atoms with Crippen molar-refractivity contribution in [2.45, 2.75) is 13.0 Å². The number of allylic oxidation sites excluding steroid dienone is 1. The zero-order chi connectivity index (χ0) is 17.5. The molecule has 10 heteroatoms. The molecule has 126 valence electrons. The van der Waals surface area contributed by atoms with Crippen LogP contribution in [0, 0.1) is 10.1 Å². The molecule has 0 aliphatic heterocycles. The Bertz CT molecular complexity index is 763. The molecule has 2 rings (SSSR count). The number of carbonyl (C=O) groups is 1. The van der Waals surface area contributed by atoms with Gasteiger partial charge in [-0.3, -0.25) is 14.9 Å². The number of methoxy groups -OCH3 is 1. The summed E-state index contributed by atoms with van der Waals surface area (Å²) in [5, 5.41) is 18.5.